The number of unbranched alkanes of at least 4 members (excludes halogenated alkanes) is 41. The first-order chi connectivity index (χ1) is 34.3. The van der Waals surface area contributed by atoms with Gasteiger partial charge in [0.1, 0.15) is 24.4 Å². The molecule has 1 fully saturated rings. The highest BCUT2D eigenvalue weighted by Gasteiger charge is 2.44. The molecule has 414 valence electrons. The number of amides is 1. The Hall–Kier alpha value is -1.33. The van der Waals surface area contributed by atoms with E-state index in [0.29, 0.717) is 6.42 Å². The average molecular weight is 993 g/mol. The van der Waals surface area contributed by atoms with Crippen LogP contribution in [-0.4, -0.2) is 87.5 Å². The van der Waals surface area contributed by atoms with Crippen LogP contribution in [0.2, 0.25) is 0 Å². The first-order valence-electron chi connectivity index (χ1n) is 30.6. The summed E-state index contributed by atoms with van der Waals surface area (Å²) in [5, 5.41) is 54.5. The molecular formula is C61H117NO8. The minimum absolute atomic E-state index is 0.181. The SMILES string of the molecule is CCCCCCCCCCCCCCCCCCCCCCCCCCC/C=C/CC/C=C/C(O)C(COC1OC(CO)C(O)C(O)C1O)NC(=O)CCCCCCCCCCCCCCCCCC. The van der Waals surface area contributed by atoms with Crippen molar-refractivity contribution < 1.29 is 39.8 Å². The van der Waals surface area contributed by atoms with E-state index < -0.39 is 49.5 Å². The summed E-state index contributed by atoms with van der Waals surface area (Å²) in [7, 11) is 0. The number of hydrogen-bond acceptors (Lipinski definition) is 8. The molecule has 70 heavy (non-hydrogen) atoms. The highest BCUT2D eigenvalue weighted by molar-refractivity contribution is 5.76. The van der Waals surface area contributed by atoms with Crippen LogP contribution in [0.4, 0.5) is 0 Å². The summed E-state index contributed by atoms with van der Waals surface area (Å²) in [5.74, 6) is -0.181. The number of aliphatic hydroxyl groups excluding tert-OH is 5. The third kappa shape index (κ3) is 40.1. The van der Waals surface area contributed by atoms with E-state index in [0.717, 1.165) is 38.5 Å². The second-order valence-corrected chi connectivity index (χ2v) is 21.5. The molecule has 0 aromatic carbocycles. The Morgan fingerprint density at radius 3 is 1.20 bits per heavy atom. The number of carbonyl (C=O) groups is 1. The van der Waals surface area contributed by atoms with Crippen LogP contribution in [0, 0.1) is 0 Å². The Morgan fingerprint density at radius 2 is 0.814 bits per heavy atom. The van der Waals surface area contributed by atoms with Crippen LogP contribution in [0.15, 0.2) is 24.3 Å². The summed E-state index contributed by atoms with van der Waals surface area (Å²) >= 11 is 0. The molecule has 0 aromatic rings. The third-order valence-corrected chi connectivity index (χ3v) is 14.8. The van der Waals surface area contributed by atoms with Gasteiger partial charge in [0.2, 0.25) is 5.91 Å². The van der Waals surface area contributed by atoms with Gasteiger partial charge in [-0.15, -0.1) is 0 Å². The number of hydrogen-bond donors (Lipinski definition) is 6. The molecule has 1 aliphatic heterocycles. The van der Waals surface area contributed by atoms with Crippen LogP contribution < -0.4 is 5.32 Å². The highest BCUT2D eigenvalue weighted by Crippen LogP contribution is 2.23. The van der Waals surface area contributed by atoms with Gasteiger partial charge in [0, 0.05) is 6.42 Å². The van der Waals surface area contributed by atoms with E-state index in [9.17, 15) is 30.3 Å². The maximum absolute atomic E-state index is 13.0. The lowest BCUT2D eigenvalue weighted by Gasteiger charge is -2.40. The van der Waals surface area contributed by atoms with Crippen molar-refractivity contribution in [3.8, 4) is 0 Å². The monoisotopic (exact) mass is 992 g/mol. The lowest BCUT2D eigenvalue weighted by molar-refractivity contribution is -0.302. The van der Waals surface area contributed by atoms with Gasteiger partial charge >= 0.3 is 0 Å². The summed E-state index contributed by atoms with van der Waals surface area (Å²) in [6, 6.07) is -0.818. The molecule has 7 atom stereocenters. The molecule has 0 radical (unpaired) electrons. The Morgan fingerprint density at radius 1 is 0.471 bits per heavy atom. The molecule has 0 spiro atoms. The maximum Gasteiger partial charge on any atom is 0.220 e. The second kappa shape index (κ2) is 51.2. The minimum atomic E-state index is -1.57. The van der Waals surface area contributed by atoms with Gasteiger partial charge in [-0.1, -0.05) is 289 Å². The molecule has 1 heterocycles. The van der Waals surface area contributed by atoms with Crippen LogP contribution in [0.5, 0.6) is 0 Å². The van der Waals surface area contributed by atoms with Crippen molar-refractivity contribution in [1.29, 1.82) is 0 Å². The molecule has 1 aliphatic rings. The summed E-state index contributed by atoms with van der Waals surface area (Å²) in [6.07, 6.45) is 58.4. The Bertz CT molecular complexity index is 1150. The molecule has 9 nitrogen and oxygen atoms in total. The third-order valence-electron chi connectivity index (χ3n) is 14.8. The van der Waals surface area contributed by atoms with Crippen molar-refractivity contribution in [2.45, 2.75) is 346 Å². The van der Waals surface area contributed by atoms with Gasteiger partial charge in [0.15, 0.2) is 6.29 Å². The molecule has 7 unspecified atom stereocenters. The van der Waals surface area contributed by atoms with Gasteiger partial charge in [0.05, 0.1) is 25.4 Å². The highest BCUT2D eigenvalue weighted by atomic mass is 16.7. The predicted octanol–water partition coefficient (Wildman–Crippen LogP) is 15.4. The van der Waals surface area contributed by atoms with Gasteiger partial charge in [-0.05, 0) is 32.1 Å². The lowest BCUT2D eigenvalue weighted by Crippen LogP contribution is -2.60. The predicted molar refractivity (Wildman–Crippen MR) is 295 cm³/mol. The minimum Gasteiger partial charge on any atom is -0.394 e. The average Bonchev–Trinajstić information content (AvgIpc) is 3.36. The number of rotatable bonds is 53. The summed E-state index contributed by atoms with van der Waals surface area (Å²) in [6.45, 7) is 3.80. The van der Waals surface area contributed by atoms with E-state index in [4.69, 9.17) is 9.47 Å². The van der Waals surface area contributed by atoms with Crippen molar-refractivity contribution >= 4 is 5.91 Å². The van der Waals surface area contributed by atoms with E-state index in [2.05, 4.69) is 31.3 Å². The molecule has 1 saturated heterocycles. The fraction of sp³-hybridized carbons (Fsp3) is 0.918. The molecule has 9 heteroatoms. The van der Waals surface area contributed by atoms with Gasteiger partial charge < -0.3 is 40.3 Å². The summed E-state index contributed by atoms with van der Waals surface area (Å²) in [5.41, 5.74) is 0. The topological polar surface area (TPSA) is 149 Å². The van der Waals surface area contributed by atoms with Crippen molar-refractivity contribution in [1.82, 2.24) is 5.32 Å². The Labute approximate surface area is 432 Å². The largest absolute Gasteiger partial charge is 0.394 e. The zero-order chi connectivity index (χ0) is 50.8. The van der Waals surface area contributed by atoms with Crippen molar-refractivity contribution in [3.05, 3.63) is 24.3 Å². The standard InChI is InChI=1S/C61H117NO8/c1-3-5-7-9-11-13-15-17-19-21-22-23-24-25-26-27-28-29-30-31-32-33-34-35-36-38-40-42-44-46-48-50-55(64)54(53-69-61-60(68)59(67)58(66)56(52-63)70-61)62-57(65)51-49-47-45-43-41-39-37-20-18-16-14-12-10-8-6-4-2/h40,42,48,50,54-56,58-61,63-64,66-68H,3-39,41,43-47,49,51-53H2,1-2H3,(H,62,65)/b42-40+,50-48+. The quantitative estimate of drug-likeness (QED) is 0.0261. The molecule has 0 aromatic heterocycles. The maximum atomic E-state index is 13.0. The van der Waals surface area contributed by atoms with Gasteiger partial charge in [-0.2, -0.15) is 0 Å². The zero-order valence-electron chi connectivity index (χ0n) is 46.0. The van der Waals surface area contributed by atoms with Crippen molar-refractivity contribution in [3.63, 3.8) is 0 Å². The first kappa shape index (κ1) is 66.7. The van der Waals surface area contributed by atoms with Crippen LogP contribution >= 0.6 is 0 Å². The fourth-order valence-corrected chi connectivity index (χ4v) is 9.94. The normalized spacial score (nSPS) is 19.4. The molecular weight excluding hydrogens is 875 g/mol. The van der Waals surface area contributed by atoms with E-state index in [1.54, 1.807) is 6.08 Å². The van der Waals surface area contributed by atoms with Crippen LogP contribution in [0.3, 0.4) is 0 Å². The smallest absolute Gasteiger partial charge is 0.220 e. The zero-order valence-corrected chi connectivity index (χ0v) is 46.0. The van der Waals surface area contributed by atoms with Gasteiger partial charge in [-0.3, -0.25) is 4.79 Å². The summed E-state index contributed by atoms with van der Waals surface area (Å²) < 4.78 is 11.3. The molecule has 0 aliphatic carbocycles. The number of allylic oxidation sites excluding steroid dienone is 3. The summed E-state index contributed by atoms with van der Waals surface area (Å²) in [4.78, 5) is 13.0. The molecule has 0 bridgehead atoms. The first-order valence-corrected chi connectivity index (χ1v) is 30.6. The Balaban J connectivity index is 2.17. The molecule has 0 saturated carbocycles. The van der Waals surface area contributed by atoms with E-state index in [-0.39, 0.29) is 12.5 Å². The van der Waals surface area contributed by atoms with Crippen molar-refractivity contribution in [2.24, 2.45) is 0 Å². The second-order valence-electron chi connectivity index (χ2n) is 21.5. The number of carbonyl (C=O) groups excluding carboxylic acids is 1. The van der Waals surface area contributed by atoms with E-state index in [1.165, 1.54) is 244 Å². The number of nitrogens with one attached hydrogen (secondary N) is 1. The van der Waals surface area contributed by atoms with Gasteiger partial charge in [-0.25, -0.2) is 0 Å². The molecule has 1 rings (SSSR count). The fourth-order valence-electron chi connectivity index (χ4n) is 9.94. The van der Waals surface area contributed by atoms with Crippen LogP contribution in [-0.2, 0) is 14.3 Å². The van der Waals surface area contributed by atoms with Crippen LogP contribution in [0.25, 0.3) is 0 Å². The molecule has 1 amide bonds. The van der Waals surface area contributed by atoms with Crippen molar-refractivity contribution in [2.75, 3.05) is 13.2 Å². The lowest BCUT2D eigenvalue weighted by atomic mass is 9.99. The Kier molecular flexibility index (Phi) is 48.7. The van der Waals surface area contributed by atoms with Crippen LogP contribution in [0.1, 0.15) is 303 Å². The van der Waals surface area contributed by atoms with E-state index in [1.807, 2.05) is 6.08 Å². The number of ether oxygens (including phenoxy) is 2. The van der Waals surface area contributed by atoms with E-state index >= 15 is 0 Å². The molecule has 6 N–H and O–H groups in total. The number of aliphatic hydroxyl groups is 5. The van der Waals surface area contributed by atoms with Gasteiger partial charge in [0.25, 0.3) is 0 Å².